The number of aromatic hydroxyl groups is 1. The zero-order chi connectivity index (χ0) is 14.7. The topological polar surface area (TPSA) is 54.6 Å². The average molecular weight is 287 g/mol. The fraction of sp³-hybridized carbons (Fsp3) is 0.412. The van der Waals surface area contributed by atoms with Crippen LogP contribution in [0.2, 0.25) is 0 Å². The largest absolute Gasteiger partial charge is 0.504 e. The van der Waals surface area contributed by atoms with Gasteiger partial charge in [-0.3, -0.25) is 0 Å². The van der Waals surface area contributed by atoms with Gasteiger partial charge in [0.15, 0.2) is 11.5 Å². The van der Waals surface area contributed by atoms with Gasteiger partial charge in [0.05, 0.1) is 12.9 Å². The van der Waals surface area contributed by atoms with Gasteiger partial charge in [-0.25, -0.2) is 0 Å². The molecule has 4 heteroatoms. The Morgan fingerprint density at radius 3 is 3.14 bits per heavy atom. The highest BCUT2D eigenvalue weighted by Gasteiger charge is 2.22. The zero-order valence-electron chi connectivity index (χ0n) is 12.3. The first-order chi connectivity index (χ1) is 10.3. The molecule has 1 aromatic carbocycles. The Bertz CT molecular complexity index is 606. The Hall–Kier alpha value is -1.94. The summed E-state index contributed by atoms with van der Waals surface area (Å²) in [6.45, 7) is 3.07. The van der Waals surface area contributed by atoms with E-state index in [-0.39, 0.29) is 5.75 Å². The van der Waals surface area contributed by atoms with E-state index in [0.717, 1.165) is 30.6 Å². The number of ether oxygens (including phenoxy) is 1. The molecule has 0 aliphatic heterocycles. The van der Waals surface area contributed by atoms with E-state index in [0.29, 0.717) is 24.9 Å². The molecule has 3 rings (SSSR count). The molecule has 0 fully saturated rings. The monoisotopic (exact) mass is 287 g/mol. The Kier molecular flexibility index (Phi) is 4.15. The van der Waals surface area contributed by atoms with E-state index in [2.05, 4.69) is 5.32 Å². The Morgan fingerprint density at radius 1 is 1.38 bits per heavy atom. The molecule has 2 aromatic rings. The lowest BCUT2D eigenvalue weighted by molar-refractivity contribution is 0.315. The molecule has 0 spiro atoms. The molecule has 4 nitrogen and oxygen atoms in total. The highest BCUT2D eigenvalue weighted by Crippen LogP contribution is 2.33. The van der Waals surface area contributed by atoms with Crippen molar-refractivity contribution in [3.05, 3.63) is 47.4 Å². The Morgan fingerprint density at radius 2 is 2.29 bits per heavy atom. The highest BCUT2D eigenvalue weighted by molar-refractivity contribution is 5.45. The van der Waals surface area contributed by atoms with Crippen molar-refractivity contribution in [2.45, 2.75) is 38.8 Å². The normalized spacial score (nSPS) is 17.5. The van der Waals surface area contributed by atoms with E-state index in [1.807, 2.05) is 25.1 Å². The van der Waals surface area contributed by atoms with Gasteiger partial charge in [0.2, 0.25) is 0 Å². The molecular formula is C17H21NO3. The number of benzene rings is 1. The summed E-state index contributed by atoms with van der Waals surface area (Å²) in [5.74, 6) is 1.87. The maximum absolute atomic E-state index is 10.2. The van der Waals surface area contributed by atoms with Gasteiger partial charge in [-0.05, 0) is 31.9 Å². The molecule has 21 heavy (non-hydrogen) atoms. The van der Waals surface area contributed by atoms with Crippen LogP contribution in [0.15, 0.2) is 34.9 Å². The van der Waals surface area contributed by atoms with Crippen LogP contribution in [0.1, 0.15) is 42.7 Å². The first kappa shape index (κ1) is 14.0. The van der Waals surface area contributed by atoms with E-state index in [9.17, 15) is 5.11 Å². The molecular weight excluding hydrogens is 266 g/mol. The third kappa shape index (κ3) is 2.90. The summed E-state index contributed by atoms with van der Waals surface area (Å²) in [5.41, 5.74) is 2.11. The molecule has 1 aliphatic carbocycles. The number of phenolic OH excluding ortho intramolecular Hbond substituents is 1. The molecule has 0 saturated carbocycles. The van der Waals surface area contributed by atoms with Crippen molar-refractivity contribution >= 4 is 0 Å². The Labute approximate surface area is 124 Å². The van der Waals surface area contributed by atoms with E-state index >= 15 is 0 Å². The number of para-hydroxylation sites is 1. The number of hydrogen-bond donors (Lipinski definition) is 2. The minimum atomic E-state index is 0.232. The van der Waals surface area contributed by atoms with Gasteiger partial charge in [-0.1, -0.05) is 12.1 Å². The van der Waals surface area contributed by atoms with Crippen LogP contribution < -0.4 is 10.1 Å². The Balaban J connectivity index is 1.70. The minimum Gasteiger partial charge on any atom is -0.504 e. The van der Waals surface area contributed by atoms with Gasteiger partial charge in [0, 0.05) is 30.1 Å². The average Bonchev–Trinajstić information content (AvgIpc) is 2.97. The third-order valence-electron chi connectivity index (χ3n) is 3.97. The molecule has 1 heterocycles. The van der Waals surface area contributed by atoms with Gasteiger partial charge in [0.25, 0.3) is 0 Å². The summed E-state index contributed by atoms with van der Waals surface area (Å²) < 4.78 is 10.9. The zero-order valence-corrected chi connectivity index (χ0v) is 12.3. The van der Waals surface area contributed by atoms with Crippen LogP contribution in [-0.4, -0.2) is 11.7 Å². The lowest BCUT2D eigenvalue weighted by Crippen LogP contribution is -2.24. The van der Waals surface area contributed by atoms with E-state index < -0.39 is 0 Å². The molecule has 0 radical (unpaired) electrons. The number of phenols is 1. The molecule has 1 aromatic heterocycles. The molecule has 112 valence electrons. The van der Waals surface area contributed by atoms with Crippen molar-refractivity contribution in [1.29, 1.82) is 0 Å². The van der Waals surface area contributed by atoms with Crippen molar-refractivity contribution in [3.63, 3.8) is 0 Å². The second-order valence-electron chi connectivity index (χ2n) is 5.32. The van der Waals surface area contributed by atoms with Crippen molar-refractivity contribution in [2.75, 3.05) is 6.61 Å². The molecule has 0 saturated heterocycles. The second-order valence-corrected chi connectivity index (χ2v) is 5.32. The SMILES string of the molecule is CCOc1cccc(CNC2CCCc3occc32)c1O. The summed E-state index contributed by atoms with van der Waals surface area (Å²) in [6, 6.07) is 7.96. The smallest absolute Gasteiger partial charge is 0.162 e. The number of hydrogen-bond acceptors (Lipinski definition) is 4. The first-order valence-corrected chi connectivity index (χ1v) is 7.53. The lowest BCUT2D eigenvalue weighted by Gasteiger charge is -2.23. The molecule has 0 amide bonds. The van der Waals surface area contributed by atoms with Crippen LogP contribution in [0.3, 0.4) is 0 Å². The summed E-state index contributed by atoms with van der Waals surface area (Å²) >= 11 is 0. The molecule has 1 unspecified atom stereocenters. The first-order valence-electron chi connectivity index (χ1n) is 7.53. The van der Waals surface area contributed by atoms with E-state index in [4.69, 9.17) is 9.15 Å². The predicted molar refractivity (Wildman–Crippen MR) is 80.5 cm³/mol. The summed E-state index contributed by atoms with van der Waals surface area (Å²) in [7, 11) is 0. The van der Waals surface area contributed by atoms with E-state index in [1.165, 1.54) is 5.56 Å². The maximum Gasteiger partial charge on any atom is 0.162 e. The standard InChI is InChI=1S/C17H21NO3/c1-2-20-16-8-3-5-12(17(16)19)11-18-14-6-4-7-15-13(14)9-10-21-15/h3,5,8-10,14,18-19H,2,4,6-7,11H2,1H3. The van der Waals surface area contributed by atoms with Gasteiger partial charge in [0.1, 0.15) is 5.76 Å². The summed E-state index contributed by atoms with van der Waals surface area (Å²) in [4.78, 5) is 0. The van der Waals surface area contributed by atoms with E-state index in [1.54, 1.807) is 12.3 Å². The van der Waals surface area contributed by atoms with Crippen molar-refractivity contribution in [2.24, 2.45) is 0 Å². The van der Waals surface area contributed by atoms with Crippen LogP contribution in [0.4, 0.5) is 0 Å². The van der Waals surface area contributed by atoms with Crippen LogP contribution in [0.5, 0.6) is 11.5 Å². The fourth-order valence-electron chi connectivity index (χ4n) is 2.91. The van der Waals surface area contributed by atoms with Crippen molar-refractivity contribution < 1.29 is 14.3 Å². The van der Waals surface area contributed by atoms with Crippen LogP contribution >= 0.6 is 0 Å². The number of rotatable bonds is 5. The van der Waals surface area contributed by atoms with Crippen LogP contribution in [0, 0.1) is 0 Å². The molecule has 0 bridgehead atoms. The lowest BCUT2D eigenvalue weighted by atomic mass is 9.93. The van der Waals surface area contributed by atoms with Crippen LogP contribution in [-0.2, 0) is 13.0 Å². The maximum atomic E-state index is 10.2. The number of nitrogens with one attached hydrogen (secondary N) is 1. The van der Waals surface area contributed by atoms with Crippen molar-refractivity contribution in [3.8, 4) is 11.5 Å². The quantitative estimate of drug-likeness (QED) is 0.883. The third-order valence-corrected chi connectivity index (χ3v) is 3.97. The number of furan rings is 1. The van der Waals surface area contributed by atoms with Crippen molar-refractivity contribution in [1.82, 2.24) is 5.32 Å². The number of aryl methyl sites for hydroxylation is 1. The molecule has 2 N–H and O–H groups in total. The summed E-state index contributed by atoms with van der Waals surface area (Å²) in [6.07, 6.45) is 5.00. The highest BCUT2D eigenvalue weighted by atomic mass is 16.5. The summed E-state index contributed by atoms with van der Waals surface area (Å²) in [5, 5.41) is 13.7. The fourth-order valence-corrected chi connectivity index (χ4v) is 2.91. The van der Waals surface area contributed by atoms with Gasteiger partial charge >= 0.3 is 0 Å². The van der Waals surface area contributed by atoms with Gasteiger partial charge in [-0.2, -0.15) is 0 Å². The molecule has 1 aliphatic rings. The van der Waals surface area contributed by atoms with Crippen LogP contribution in [0.25, 0.3) is 0 Å². The second kappa shape index (κ2) is 6.22. The molecule has 1 atom stereocenters. The predicted octanol–water partition coefficient (Wildman–Crippen LogP) is 3.55. The van der Waals surface area contributed by atoms with Gasteiger partial charge < -0.3 is 19.6 Å². The van der Waals surface area contributed by atoms with Gasteiger partial charge in [-0.15, -0.1) is 0 Å². The minimum absolute atomic E-state index is 0.232. The number of fused-ring (bicyclic) bond motifs is 1.